The number of rotatable bonds is 8. The zero-order valence-corrected chi connectivity index (χ0v) is 15.2. The van der Waals surface area contributed by atoms with Gasteiger partial charge in [-0.25, -0.2) is 0 Å². The van der Waals surface area contributed by atoms with Gasteiger partial charge in [0.25, 0.3) is 0 Å². The minimum absolute atomic E-state index is 0.101. The lowest BCUT2D eigenvalue weighted by atomic mass is 10.0. The predicted octanol–water partition coefficient (Wildman–Crippen LogP) is 5.00. The van der Waals surface area contributed by atoms with Gasteiger partial charge < -0.3 is 14.2 Å². The van der Waals surface area contributed by atoms with Crippen molar-refractivity contribution in [1.82, 2.24) is 0 Å². The first kappa shape index (κ1) is 18.1. The van der Waals surface area contributed by atoms with Crippen molar-refractivity contribution in [3.63, 3.8) is 0 Å². The van der Waals surface area contributed by atoms with Crippen LogP contribution < -0.4 is 9.47 Å². The van der Waals surface area contributed by atoms with Crippen LogP contribution in [0, 0.1) is 0 Å². The van der Waals surface area contributed by atoms with E-state index in [0.29, 0.717) is 19.8 Å². The fraction of sp³-hybridized carbons (Fsp3) is 0.261. The van der Waals surface area contributed by atoms with Gasteiger partial charge in [-0.1, -0.05) is 31.4 Å². The molecular weight excluding hydrogens is 324 g/mol. The van der Waals surface area contributed by atoms with Gasteiger partial charge in [-0.15, -0.1) is 5.73 Å². The van der Waals surface area contributed by atoms with Crippen molar-refractivity contribution in [3.05, 3.63) is 89.7 Å². The standard InChI is InChI=1S/C23H24O3/c1-4-5-12-25-21-9-6-18(7-10-21)15-24-16-19-8-11-22-20(13-19)14-23(26-22)17(2)3/h5-11,13,23H,1-2,12,14-16H2,3H3/t23-/m0/s1. The summed E-state index contributed by atoms with van der Waals surface area (Å²) >= 11 is 0. The molecule has 1 heterocycles. The smallest absolute Gasteiger partial charge is 0.123 e. The molecular formula is C23H24O3. The molecule has 0 spiro atoms. The number of fused-ring (bicyclic) bond motifs is 1. The van der Waals surface area contributed by atoms with Crippen molar-refractivity contribution in [1.29, 1.82) is 0 Å². The molecule has 26 heavy (non-hydrogen) atoms. The minimum Gasteiger partial charge on any atom is -0.489 e. The van der Waals surface area contributed by atoms with Crippen LogP contribution in [0.3, 0.4) is 0 Å². The second-order valence-corrected chi connectivity index (χ2v) is 6.46. The Kier molecular flexibility index (Phi) is 5.96. The van der Waals surface area contributed by atoms with Crippen LogP contribution in [0.4, 0.5) is 0 Å². The Morgan fingerprint density at radius 3 is 2.65 bits per heavy atom. The minimum atomic E-state index is 0.101. The molecule has 1 aliphatic heterocycles. The molecule has 2 aromatic carbocycles. The molecule has 1 atom stereocenters. The van der Waals surface area contributed by atoms with E-state index < -0.39 is 0 Å². The van der Waals surface area contributed by atoms with Crippen LogP contribution in [0.1, 0.15) is 23.6 Å². The molecule has 3 nitrogen and oxygen atoms in total. The molecule has 0 aromatic heterocycles. The van der Waals surface area contributed by atoms with Crippen LogP contribution in [0.5, 0.6) is 11.5 Å². The summed E-state index contributed by atoms with van der Waals surface area (Å²) in [6, 6.07) is 14.2. The largest absolute Gasteiger partial charge is 0.489 e. The van der Waals surface area contributed by atoms with Crippen LogP contribution >= 0.6 is 0 Å². The van der Waals surface area contributed by atoms with E-state index in [9.17, 15) is 0 Å². The molecule has 0 fully saturated rings. The van der Waals surface area contributed by atoms with Crippen LogP contribution in [0.15, 0.2) is 73.0 Å². The van der Waals surface area contributed by atoms with Gasteiger partial charge in [0.05, 0.1) is 13.2 Å². The highest BCUT2D eigenvalue weighted by atomic mass is 16.5. The van der Waals surface area contributed by atoms with Gasteiger partial charge >= 0.3 is 0 Å². The first-order valence-corrected chi connectivity index (χ1v) is 8.73. The molecule has 0 saturated heterocycles. The van der Waals surface area contributed by atoms with Gasteiger partial charge in [0.15, 0.2) is 0 Å². The molecule has 0 amide bonds. The average Bonchev–Trinajstić information content (AvgIpc) is 3.07. The van der Waals surface area contributed by atoms with Gasteiger partial charge in [0.2, 0.25) is 0 Å². The third-order valence-corrected chi connectivity index (χ3v) is 4.29. The van der Waals surface area contributed by atoms with Crippen molar-refractivity contribution in [3.8, 4) is 11.5 Å². The zero-order chi connectivity index (χ0) is 18.4. The van der Waals surface area contributed by atoms with Gasteiger partial charge in [-0.05, 0) is 59.5 Å². The molecule has 0 N–H and O–H groups in total. The monoisotopic (exact) mass is 348 g/mol. The maximum atomic E-state index is 5.88. The first-order chi connectivity index (χ1) is 12.7. The normalized spacial score (nSPS) is 14.9. The highest BCUT2D eigenvalue weighted by Crippen LogP contribution is 2.32. The highest BCUT2D eigenvalue weighted by molar-refractivity contribution is 5.42. The molecule has 1 aliphatic rings. The van der Waals surface area contributed by atoms with Crippen molar-refractivity contribution in [2.24, 2.45) is 0 Å². The Bertz CT molecular complexity index is 814. The predicted molar refractivity (Wildman–Crippen MR) is 104 cm³/mol. The highest BCUT2D eigenvalue weighted by Gasteiger charge is 2.23. The number of ether oxygens (including phenoxy) is 3. The SMILES string of the molecule is C=C=CCOc1ccc(COCc2ccc3c(c2)C[C@@H](C(=C)C)O3)cc1. The van der Waals surface area contributed by atoms with Crippen LogP contribution in [0.2, 0.25) is 0 Å². The van der Waals surface area contributed by atoms with Crippen LogP contribution in [-0.4, -0.2) is 12.7 Å². The quantitative estimate of drug-likeness (QED) is 0.496. The van der Waals surface area contributed by atoms with Gasteiger partial charge in [0.1, 0.15) is 24.2 Å². The summed E-state index contributed by atoms with van der Waals surface area (Å²) in [6.45, 7) is 11.1. The summed E-state index contributed by atoms with van der Waals surface area (Å²) in [5.74, 6) is 1.79. The summed E-state index contributed by atoms with van der Waals surface area (Å²) < 4.78 is 17.3. The van der Waals surface area contributed by atoms with Crippen molar-refractivity contribution in [2.75, 3.05) is 6.61 Å². The van der Waals surface area contributed by atoms with E-state index in [1.54, 1.807) is 6.08 Å². The first-order valence-electron chi connectivity index (χ1n) is 8.73. The molecule has 0 radical (unpaired) electrons. The summed E-state index contributed by atoms with van der Waals surface area (Å²) in [7, 11) is 0. The fourth-order valence-corrected chi connectivity index (χ4v) is 2.83. The lowest BCUT2D eigenvalue weighted by molar-refractivity contribution is 0.107. The van der Waals surface area contributed by atoms with E-state index in [-0.39, 0.29) is 6.10 Å². The van der Waals surface area contributed by atoms with Crippen LogP contribution in [0.25, 0.3) is 0 Å². The second-order valence-electron chi connectivity index (χ2n) is 6.46. The lowest BCUT2D eigenvalue weighted by Crippen LogP contribution is -2.13. The Morgan fingerprint density at radius 1 is 1.19 bits per heavy atom. The van der Waals surface area contributed by atoms with Crippen molar-refractivity contribution < 1.29 is 14.2 Å². The van der Waals surface area contributed by atoms with E-state index in [2.05, 4.69) is 31.0 Å². The third-order valence-electron chi connectivity index (χ3n) is 4.29. The second kappa shape index (κ2) is 8.57. The Balaban J connectivity index is 1.49. The van der Waals surface area contributed by atoms with Gasteiger partial charge in [-0.2, -0.15) is 0 Å². The number of benzene rings is 2. The molecule has 3 heteroatoms. The Morgan fingerprint density at radius 2 is 1.92 bits per heavy atom. The number of hydrogen-bond donors (Lipinski definition) is 0. The van der Waals surface area contributed by atoms with Gasteiger partial charge in [-0.3, -0.25) is 0 Å². The van der Waals surface area contributed by atoms with E-state index in [1.165, 1.54) is 5.56 Å². The summed E-state index contributed by atoms with van der Waals surface area (Å²) in [5, 5.41) is 0. The fourth-order valence-electron chi connectivity index (χ4n) is 2.83. The lowest BCUT2D eigenvalue weighted by Gasteiger charge is -2.09. The van der Waals surface area contributed by atoms with E-state index >= 15 is 0 Å². The maximum Gasteiger partial charge on any atom is 0.123 e. The zero-order valence-electron chi connectivity index (χ0n) is 15.2. The van der Waals surface area contributed by atoms with Crippen LogP contribution in [-0.2, 0) is 24.4 Å². The summed E-state index contributed by atoms with van der Waals surface area (Å²) in [5.41, 5.74) is 7.25. The average molecular weight is 348 g/mol. The molecule has 0 saturated carbocycles. The van der Waals surface area contributed by atoms with E-state index in [1.807, 2.05) is 37.3 Å². The Hall–Kier alpha value is -2.74. The summed E-state index contributed by atoms with van der Waals surface area (Å²) in [4.78, 5) is 0. The topological polar surface area (TPSA) is 27.7 Å². The van der Waals surface area contributed by atoms with Crippen molar-refractivity contribution in [2.45, 2.75) is 32.7 Å². The summed E-state index contributed by atoms with van der Waals surface area (Å²) in [6.07, 6.45) is 2.74. The van der Waals surface area contributed by atoms with E-state index in [4.69, 9.17) is 14.2 Å². The maximum absolute atomic E-state index is 5.88. The Labute approximate surface area is 155 Å². The van der Waals surface area contributed by atoms with Crippen molar-refractivity contribution >= 4 is 0 Å². The van der Waals surface area contributed by atoms with E-state index in [0.717, 1.165) is 34.6 Å². The third kappa shape index (κ3) is 4.66. The molecule has 134 valence electrons. The molecule has 0 unspecified atom stereocenters. The molecule has 0 aliphatic carbocycles. The molecule has 3 rings (SSSR count). The van der Waals surface area contributed by atoms with Gasteiger partial charge in [0, 0.05) is 6.42 Å². The number of hydrogen-bond acceptors (Lipinski definition) is 3. The molecule has 0 bridgehead atoms. The molecule has 2 aromatic rings.